The number of imidazole rings is 1. The molecule has 27 heavy (non-hydrogen) atoms. The molecule has 136 valence electrons. The monoisotopic (exact) mass is 357 g/mol. The number of aliphatic hydroxyl groups is 1. The number of rotatable bonds is 3. The average Bonchev–Trinajstić information content (AvgIpc) is 3.12. The van der Waals surface area contributed by atoms with Crippen LogP contribution in [0.1, 0.15) is 19.4 Å². The Kier molecular flexibility index (Phi) is 5.79. The number of pyridine rings is 1. The van der Waals surface area contributed by atoms with Gasteiger partial charge in [-0.1, -0.05) is 36.4 Å². The summed E-state index contributed by atoms with van der Waals surface area (Å²) in [6, 6.07) is 18.7. The predicted molar refractivity (Wildman–Crippen MR) is 112 cm³/mol. The molecule has 4 aromatic rings. The van der Waals surface area contributed by atoms with Crippen molar-refractivity contribution in [1.29, 1.82) is 0 Å². The second kappa shape index (κ2) is 8.43. The van der Waals surface area contributed by atoms with E-state index < -0.39 is 0 Å². The van der Waals surface area contributed by atoms with Crippen molar-refractivity contribution in [1.82, 2.24) is 14.5 Å². The van der Waals surface area contributed by atoms with Crippen LogP contribution in [0.5, 0.6) is 0 Å². The molecule has 2 aromatic carbocycles. The maximum atomic E-state index is 7.57. The van der Waals surface area contributed by atoms with E-state index in [1.54, 1.807) is 13.1 Å². The summed E-state index contributed by atoms with van der Waals surface area (Å²) in [6.07, 6.45) is 5.54. The van der Waals surface area contributed by atoms with E-state index in [0.29, 0.717) is 0 Å². The molecule has 0 saturated heterocycles. The standard InChI is InChI=1S/C21H17N3.C2H6O/c1-15(2)16-8-9-21-20(12-16)23-14-24(21)19-7-3-5-17(11-19)18-6-4-10-22-13-18;1-2-3/h3-14H,1H2,2H3;3H,2H2,1H3. The second-order valence-electron chi connectivity index (χ2n) is 6.21. The lowest BCUT2D eigenvalue weighted by molar-refractivity contribution is 0.318. The molecule has 0 bridgehead atoms. The average molecular weight is 357 g/mol. The number of benzene rings is 2. The van der Waals surface area contributed by atoms with Crippen LogP contribution in [0.15, 0.2) is 79.9 Å². The van der Waals surface area contributed by atoms with Crippen LogP contribution in [0.25, 0.3) is 33.4 Å². The topological polar surface area (TPSA) is 50.9 Å². The van der Waals surface area contributed by atoms with Crippen molar-refractivity contribution in [2.45, 2.75) is 13.8 Å². The van der Waals surface area contributed by atoms with Gasteiger partial charge in [-0.05, 0) is 55.3 Å². The Morgan fingerprint density at radius 2 is 1.85 bits per heavy atom. The van der Waals surface area contributed by atoms with Crippen LogP contribution in [0, 0.1) is 0 Å². The highest BCUT2D eigenvalue weighted by Gasteiger charge is 2.07. The first-order valence-corrected chi connectivity index (χ1v) is 8.88. The van der Waals surface area contributed by atoms with E-state index in [4.69, 9.17) is 5.11 Å². The van der Waals surface area contributed by atoms with Gasteiger partial charge >= 0.3 is 0 Å². The highest BCUT2D eigenvalue weighted by Crippen LogP contribution is 2.25. The Labute approximate surface area is 159 Å². The Morgan fingerprint density at radius 1 is 1.07 bits per heavy atom. The molecule has 0 aliphatic rings. The molecule has 0 aliphatic carbocycles. The van der Waals surface area contributed by atoms with Crippen molar-refractivity contribution in [2.24, 2.45) is 0 Å². The van der Waals surface area contributed by atoms with Crippen LogP contribution in [0.4, 0.5) is 0 Å². The number of fused-ring (bicyclic) bond motifs is 1. The summed E-state index contributed by atoms with van der Waals surface area (Å²) in [4.78, 5) is 8.75. The van der Waals surface area contributed by atoms with Crippen LogP contribution in [0.3, 0.4) is 0 Å². The van der Waals surface area contributed by atoms with Gasteiger partial charge in [0.15, 0.2) is 0 Å². The minimum absolute atomic E-state index is 0.250. The summed E-state index contributed by atoms with van der Waals surface area (Å²) in [6.45, 7) is 7.94. The van der Waals surface area contributed by atoms with E-state index in [2.05, 4.69) is 69.6 Å². The van der Waals surface area contributed by atoms with E-state index >= 15 is 0 Å². The lowest BCUT2D eigenvalue weighted by Gasteiger charge is -2.08. The molecule has 4 rings (SSSR count). The maximum Gasteiger partial charge on any atom is 0.100 e. The second-order valence-corrected chi connectivity index (χ2v) is 6.21. The number of nitrogens with zero attached hydrogens (tertiary/aromatic N) is 3. The Hall–Kier alpha value is -3.24. The Bertz CT molecular complexity index is 1050. The minimum Gasteiger partial charge on any atom is -0.397 e. The number of aliphatic hydroxyl groups excluding tert-OH is 1. The highest BCUT2D eigenvalue weighted by atomic mass is 16.2. The van der Waals surface area contributed by atoms with Gasteiger partial charge in [-0.3, -0.25) is 9.55 Å². The Morgan fingerprint density at radius 3 is 2.56 bits per heavy atom. The van der Waals surface area contributed by atoms with Crippen LogP contribution < -0.4 is 0 Å². The Balaban J connectivity index is 0.000000659. The molecule has 0 unspecified atom stereocenters. The maximum absolute atomic E-state index is 7.57. The van der Waals surface area contributed by atoms with E-state index in [0.717, 1.165) is 39.0 Å². The summed E-state index contributed by atoms with van der Waals surface area (Å²) >= 11 is 0. The van der Waals surface area contributed by atoms with Gasteiger partial charge in [-0.25, -0.2) is 4.98 Å². The smallest absolute Gasteiger partial charge is 0.100 e. The van der Waals surface area contributed by atoms with Crippen LogP contribution >= 0.6 is 0 Å². The molecule has 0 aliphatic heterocycles. The van der Waals surface area contributed by atoms with Gasteiger partial charge < -0.3 is 5.11 Å². The molecule has 0 spiro atoms. The summed E-state index contributed by atoms with van der Waals surface area (Å²) < 4.78 is 2.11. The van der Waals surface area contributed by atoms with Gasteiger partial charge in [0.1, 0.15) is 6.33 Å². The van der Waals surface area contributed by atoms with Crippen molar-refractivity contribution >= 4 is 16.6 Å². The van der Waals surface area contributed by atoms with Gasteiger partial charge in [0.2, 0.25) is 0 Å². The number of hydrogen-bond donors (Lipinski definition) is 1. The molecule has 2 aromatic heterocycles. The molecular formula is C23H23N3O. The van der Waals surface area contributed by atoms with E-state index in [-0.39, 0.29) is 6.61 Å². The highest BCUT2D eigenvalue weighted by molar-refractivity contribution is 5.82. The van der Waals surface area contributed by atoms with Crippen molar-refractivity contribution in [3.63, 3.8) is 0 Å². The quantitative estimate of drug-likeness (QED) is 0.554. The minimum atomic E-state index is 0.250. The summed E-state index contributed by atoms with van der Waals surface area (Å²) in [5.41, 5.74) is 7.56. The fourth-order valence-electron chi connectivity index (χ4n) is 2.85. The third-order valence-corrected chi connectivity index (χ3v) is 4.16. The van der Waals surface area contributed by atoms with Gasteiger partial charge in [-0.15, -0.1) is 0 Å². The van der Waals surface area contributed by atoms with Crippen LogP contribution in [-0.4, -0.2) is 26.2 Å². The van der Waals surface area contributed by atoms with Crippen molar-refractivity contribution in [2.75, 3.05) is 6.61 Å². The molecule has 2 heterocycles. The zero-order valence-electron chi connectivity index (χ0n) is 15.6. The molecule has 4 nitrogen and oxygen atoms in total. The SMILES string of the molecule is C=C(C)c1ccc2c(c1)ncn2-c1cccc(-c2cccnc2)c1.CCO. The first-order chi connectivity index (χ1) is 13.1. The van der Waals surface area contributed by atoms with E-state index in [9.17, 15) is 0 Å². The first kappa shape index (κ1) is 18.5. The largest absolute Gasteiger partial charge is 0.397 e. The lowest BCUT2D eigenvalue weighted by Crippen LogP contribution is -1.92. The zero-order valence-corrected chi connectivity index (χ0v) is 15.6. The van der Waals surface area contributed by atoms with Crippen LogP contribution in [-0.2, 0) is 0 Å². The molecule has 4 heteroatoms. The predicted octanol–water partition coefficient (Wildman–Crippen LogP) is 5.12. The van der Waals surface area contributed by atoms with Gasteiger partial charge in [0.25, 0.3) is 0 Å². The van der Waals surface area contributed by atoms with Crippen molar-refractivity contribution in [3.8, 4) is 16.8 Å². The fourth-order valence-corrected chi connectivity index (χ4v) is 2.85. The number of allylic oxidation sites excluding steroid dienone is 1. The first-order valence-electron chi connectivity index (χ1n) is 8.88. The van der Waals surface area contributed by atoms with Crippen molar-refractivity contribution < 1.29 is 5.11 Å². The summed E-state index contributed by atoms with van der Waals surface area (Å²) in [7, 11) is 0. The third-order valence-electron chi connectivity index (χ3n) is 4.16. The number of hydrogen-bond acceptors (Lipinski definition) is 3. The van der Waals surface area contributed by atoms with Crippen molar-refractivity contribution in [3.05, 3.63) is 85.5 Å². The summed E-state index contributed by atoms with van der Waals surface area (Å²) in [5, 5.41) is 7.57. The molecule has 0 saturated carbocycles. The molecule has 0 fully saturated rings. The van der Waals surface area contributed by atoms with Gasteiger partial charge in [-0.2, -0.15) is 0 Å². The molecule has 0 amide bonds. The number of aromatic nitrogens is 3. The lowest BCUT2D eigenvalue weighted by atomic mass is 10.1. The van der Waals surface area contributed by atoms with E-state index in [1.165, 1.54) is 0 Å². The van der Waals surface area contributed by atoms with Gasteiger partial charge in [0.05, 0.1) is 11.0 Å². The zero-order chi connectivity index (χ0) is 19.2. The third kappa shape index (κ3) is 4.13. The molecule has 1 N–H and O–H groups in total. The van der Waals surface area contributed by atoms with Gasteiger partial charge in [0, 0.05) is 30.3 Å². The van der Waals surface area contributed by atoms with Crippen LogP contribution in [0.2, 0.25) is 0 Å². The molecule has 0 atom stereocenters. The summed E-state index contributed by atoms with van der Waals surface area (Å²) in [5.74, 6) is 0. The van der Waals surface area contributed by atoms with E-state index in [1.807, 2.05) is 25.5 Å². The fraction of sp³-hybridized carbons (Fsp3) is 0.130. The molecular weight excluding hydrogens is 334 g/mol. The molecule has 0 radical (unpaired) electrons. The normalized spacial score (nSPS) is 10.3.